The maximum Gasteiger partial charge on any atom is 0.335 e. The molecule has 0 saturated heterocycles. The number of carboxylic acids is 1. The normalized spacial score (nSPS) is 14.7. The molecule has 0 aromatic heterocycles. The van der Waals surface area contributed by atoms with Crippen LogP contribution in [0.3, 0.4) is 0 Å². The second kappa shape index (κ2) is 7.75. The summed E-state index contributed by atoms with van der Waals surface area (Å²) in [4.78, 5) is 13.5. The summed E-state index contributed by atoms with van der Waals surface area (Å²) in [7, 11) is 4.13. The van der Waals surface area contributed by atoms with Gasteiger partial charge in [-0.25, -0.2) is 4.79 Å². The molecule has 1 aliphatic carbocycles. The van der Waals surface area contributed by atoms with Crippen molar-refractivity contribution in [2.24, 2.45) is 0 Å². The smallest absolute Gasteiger partial charge is 0.335 e. The summed E-state index contributed by atoms with van der Waals surface area (Å²) in [5, 5.41) is 22.0. The number of likely N-dealkylation sites (N-methyl/N-ethyl adjacent to an activating group) is 1. The van der Waals surface area contributed by atoms with E-state index in [4.69, 9.17) is 0 Å². The van der Waals surface area contributed by atoms with Crippen molar-refractivity contribution in [1.29, 1.82) is 0 Å². The van der Waals surface area contributed by atoms with Crippen molar-refractivity contribution in [3.63, 3.8) is 0 Å². The lowest BCUT2D eigenvalue weighted by atomic mass is 9.83. The van der Waals surface area contributed by atoms with Crippen molar-refractivity contribution in [3.05, 3.63) is 59.2 Å². The number of benzene rings is 2. The first-order valence-corrected chi connectivity index (χ1v) is 8.97. The van der Waals surface area contributed by atoms with Crippen LogP contribution in [0, 0.1) is 0 Å². The Morgan fingerprint density at radius 2 is 1.65 bits per heavy atom. The lowest BCUT2D eigenvalue weighted by Crippen LogP contribution is -2.18. The Kier molecular flexibility index (Phi) is 5.43. The maximum absolute atomic E-state index is 12.7. The topological polar surface area (TPSA) is 63.6 Å². The molecule has 0 fully saturated rings. The fourth-order valence-corrected chi connectivity index (χ4v) is 3.75. The summed E-state index contributed by atoms with van der Waals surface area (Å²) < 4.78 is 0. The summed E-state index contributed by atoms with van der Waals surface area (Å²) in [6, 6.07) is 12.6. The van der Waals surface area contributed by atoms with Crippen LogP contribution >= 0.6 is 0 Å². The van der Waals surface area contributed by atoms with E-state index in [2.05, 4.69) is 25.1 Å². The third-order valence-electron chi connectivity index (χ3n) is 4.88. The Hall–Kier alpha value is -2.59. The Bertz CT molecular complexity index is 852. The van der Waals surface area contributed by atoms with Crippen LogP contribution in [0.15, 0.2) is 48.0 Å². The number of rotatable bonds is 5. The quantitative estimate of drug-likeness (QED) is 0.885. The zero-order chi connectivity index (χ0) is 18.7. The first kappa shape index (κ1) is 18.2. The molecule has 3 rings (SSSR count). The van der Waals surface area contributed by atoms with Gasteiger partial charge in [-0.05, 0) is 68.1 Å². The van der Waals surface area contributed by atoms with Gasteiger partial charge < -0.3 is 15.1 Å². The minimum Gasteiger partial charge on any atom is -0.871 e. The van der Waals surface area contributed by atoms with Gasteiger partial charge in [-0.15, -0.1) is 0 Å². The molecule has 1 N–H and O–H groups in total. The number of para-hydroxylation sites is 1. The number of aromatic carboxylic acids is 1. The van der Waals surface area contributed by atoms with Crippen molar-refractivity contribution in [2.75, 3.05) is 20.6 Å². The predicted octanol–water partition coefficient (Wildman–Crippen LogP) is 4.01. The van der Waals surface area contributed by atoms with E-state index < -0.39 is 11.7 Å². The highest BCUT2D eigenvalue weighted by molar-refractivity contribution is 5.95. The highest BCUT2D eigenvalue weighted by Gasteiger charge is 2.19. The number of carbonyl (C=O) groups is 1. The zero-order valence-corrected chi connectivity index (χ0v) is 15.3. The van der Waals surface area contributed by atoms with E-state index in [1.807, 2.05) is 18.2 Å². The minimum atomic E-state index is -1.18. The third-order valence-corrected chi connectivity index (χ3v) is 4.88. The molecule has 0 amide bonds. The number of allylic oxidation sites excluding steroid dienone is 1. The van der Waals surface area contributed by atoms with Gasteiger partial charge in [-0.1, -0.05) is 47.7 Å². The lowest BCUT2D eigenvalue weighted by Gasteiger charge is -2.26. The monoisotopic (exact) mass is 350 g/mol. The van der Waals surface area contributed by atoms with E-state index in [0.29, 0.717) is 5.56 Å². The Morgan fingerprint density at radius 3 is 2.35 bits per heavy atom. The molecule has 0 atom stereocenters. The average Bonchev–Trinajstić information content (AvgIpc) is 2.62. The van der Waals surface area contributed by atoms with E-state index >= 15 is 0 Å². The van der Waals surface area contributed by atoms with Crippen LogP contribution in [0.2, 0.25) is 0 Å². The first-order chi connectivity index (χ1) is 12.5. The summed E-state index contributed by atoms with van der Waals surface area (Å²) in [6.07, 6.45) is 4.39. The summed E-state index contributed by atoms with van der Waals surface area (Å²) in [6.45, 7) is 0.906. The lowest BCUT2D eigenvalue weighted by molar-refractivity contribution is -0.267. The van der Waals surface area contributed by atoms with Crippen LogP contribution in [-0.2, 0) is 0 Å². The van der Waals surface area contributed by atoms with Crippen LogP contribution < -0.4 is 5.11 Å². The van der Waals surface area contributed by atoms with Gasteiger partial charge in [0.2, 0.25) is 0 Å². The molecule has 0 unspecified atom stereocenters. The molecule has 0 aliphatic heterocycles. The first-order valence-electron chi connectivity index (χ1n) is 8.97. The number of carboxylic acid groups (broad SMARTS) is 1. The molecule has 26 heavy (non-hydrogen) atoms. The average molecular weight is 350 g/mol. The van der Waals surface area contributed by atoms with Crippen LogP contribution in [-0.4, -0.2) is 36.6 Å². The molecule has 136 valence electrons. The Labute approximate surface area is 154 Å². The minimum absolute atomic E-state index is 0.177. The molecule has 2 aromatic rings. The highest BCUT2D eigenvalue weighted by atomic mass is 16.4. The van der Waals surface area contributed by atoms with Crippen molar-refractivity contribution < 1.29 is 15.0 Å². The second-order valence-electron chi connectivity index (χ2n) is 7.06. The van der Waals surface area contributed by atoms with Crippen molar-refractivity contribution >= 4 is 11.5 Å². The molecule has 1 aliphatic rings. The van der Waals surface area contributed by atoms with E-state index in [9.17, 15) is 15.0 Å². The predicted molar refractivity (Wildman–Crippen MR) is 102 cm³/mol. The molecule has 4 nitrogen and oxygen atoms in total. The van der Waals surface area contributed by atoms with Gasteiger partial charge in [0, 0.05) is 6.54 Å². The maximum atomic E-state index is 12.7. The van der Waals surface area contributed by atoms with Crippen LogP contribution in [0.25, 0.3) is 16.7 Å². The SMILES string of the molecule is CN(C)CC1=C(c2ccccc2-c2cccc(C(=O)O)c2[O-])CCCC1. The molecule has 0 spiro atoms. The van der Waals surface area contributed by atoms with E-state index in [1.165, 1.54) is 23.6 Å². The second-order valence-corrected chi connectivity index (χ2v) is 7.06. The number of nitrogens with zero attached hydrogens (tertiary/aromatic N) is 1. The van der Waals surface area contributed by atoms with Gasteiger partial charge in [0.25, 0.3) is 0 Å². The van der Waals surface area contributed by atoms with Gasteiger partial charge in [0.05, 0.1) is 5.56 Å². The molecule has 0 bridgehead atoms. The van der Waals surface area contributed by atoms with E-state index in [1.54, 1.807) is 12.1 Å². The van der Waals surface area contributed by atoms with Gasteiger partial charge >= 0.3 is 5.97 Å². The number of hydrogen-bond acceptors (Lipinski definition) is 3. The molecular formula is C22H24NO3-. The van der Waals surface area contributed by atoms with Gasteiger partial charge in [-0.3, -0.25) is 0 Å². The Balaban J connectivity index is 2.17. The Morgan fingerprint density at radius 1 is 1.00 bits per heavy atom. The molecule has 2 aromatic carbocycles. The van der Waals surface area contributed by atoms with Crippen LogP contribution in [0.5, 0.6) is 5.75 Å². The molecule has 0 heterocycles. The van der Waals surface area contributed by atoms with Crippen molar-refractivity contribution in [1.82, 2.24) is 4.90 Å². The third kappa shape index (κ3) is 3.65. The standard InChI is InChI=1S/C22H25NO3/c1-23(2)14-15-8-3-4-9-16(15)17-10-5-6-11-18(17)19-12-7-13-20(21(19)24)22(25)26/h5-7,10-13,24H,3-4,8-9,14H2,1-2H3,(H,25,26)/p-1. The van der Waals surface area contributed by atoms with Gasteiger partial charge in [-0.2, -0.15) is 0 Å². The van der Waals surface area contributed by atoms with E-state index in [0.717, 1.165) is 36.9 Å². The highest BCUT2D eigenvalue weighted by Crippen LogP contribution is 2.40. The fourth-order valence-electron chi connectivity index (χ4n) is 3.75. The van der Waals surface area contributed by atoms with Gasteiger partial charge in [0.15, 0.2) is 0 Å². The van der Waals surface area contributed by atoms with Crippen molar-refractivity contribution in [3.8, 4) is 16.9 Å². The molecule has 0 radical (unpaired) electrons. The van der Waals surface area contributed by atoms with Gasteiger partial charge in [0.1, 0.15) is 0 Å². The summed E-state index contributed by atoms with van der Waals surface area (Å²) in [5.41, 5.74) is 4.89. The molecule has 0 saturated carbocycles. The fraction of sp³-hybridized carbons (Fsp3) is 0.318. The van der Waals surface area contributed by atoms with Crippen LogP contribution in [0.4, 0.5) is 0 Å². The summed E-state index contributed by atoms with van der Waals surface area (Å²) >= 11 is 0. The molecular weight excluding hydrogens is 326 g/mol. The van der Waals surface area contributed by atoms with Crippen molar-refractivity contribution in [2.45, 2.75) is 25.7 Å². The molecule has 4 heteroatoms. The summed E-state index contributed by atoms with van der Waals surface area (Å²) in [5.74, 6) is -1.60. The van der Waals surface area contributed by atoms with Crippen LogP contribution in [0.1, 0.15) is 41.6 Å². The largest absolute Gasteiger partial charge is 0.871 e. The number of hydrogen-bond donors (Lipinski definition) is 1. The zero-order valence-electron chi connectivity index (χ0n) is 15.3. The van der Waals surface area contributed by atoms with E-state index in [-0.39, 0.29) is 5.56 Å².